The number of imide groups is 1. The van der Waals surface area contributed by atoms with E-state index in [9.17, 15) is 9.59 Å². The molecule has 3 aromatic rings. The zero-order valence-corrected chi connectivity index (χ0v) is 17.7. The highest BCUT2D eigenvalue weighted by Crippen LogP contribution is 2.37. The van der Waals surface area contributed by atoms with E-state index in [-0.39, 0.29) is 11.6 Å². The third kappa shape index (κ3) is 3.44. The number of carbonyl (C=O) groups is 2. The highest BCUT2D eigenvalue weighted by molar-refractivity contribution is 7.11. The van der Waals surface area contributed by atoms with Gasteiger partial charge in [0.15, 0.2) is 0 Å². The number of methoxy groups -OCH3 is 1. The third-order valence-corrected chi connectivity index (χ3v) is 5.71. The zero-order valence-electron chi connectivity index (χ0n) is 16.9. The van der Waals surface area contributed by atoms with Gasteiger partial charge in [-0.15, -0.1) is 11.3 Å². The van der Waals surface area contributed by atoms with E-state index in [2.05, 4.69) is 5.32 Å². The Morgan fingerprint density at radius 1 is 0.967 bits per heavy atom. The van der Waals surface area contributed by atoms with Crippen LogP contribution in [0, 0.1) is 0 Å². The highest BCUT2D eigenvalue weighted by Gasteiger charge is 2.41. The number of anilines is 3. The van der Waals surface area contributed by atoms with Crippen molar-refractivity contribution in [1.29, 1.82) is 0 Å². The molecule has 0 aliphatic carbocycles. The first-order valence-electron chi connectivity index (χ1n) is 9.35. The van der Waals surface area contributed by atoms with Crippen molar-refractivity contribution in [2.45, 2.75) is 0 Å². The molecule has 1 aromatic heterocycles. The van der Waals surface area contributed by atoms with Crippen molar-refractivity contribution < 1.29 is 14.3 Å². The minimum atomic E-state index is -0.398. The first-order valence-corrected chi connectivity index (χ1v) is 10.2. The molecule has 2 heterocycles. The molecule has 1 N–H and O–H groups in total. The van der Waals surface area contributed by atoms with Crippen molar-refractivity contribution >= 4 is 45.8 Å². The molecule has 0 radical (unpaired) electrons. The van der Waals surface area contributed by atoms with Gasteiger partial charge in [0.25, 0.3) is 11.8 Å². The van der Waals surface area contributed by atoms with E-state index in [1.807, 2.05) is 72.9 Å². The average molecular weight is 420 g/mol. The second-order valence-electron chi connectivity index (χ2n) is 6.91. The topological polar surface area (TPSA) is 61.9 Å². The molecule has 0 saturated carbocycles. The molecule has 4 rings (SSSR count). The van der Waals surface area contributed by atoms with Crippen molar-refractivity contribution in [3.8, 4) is 5.75 Å². The molecule has 1 aliphatic rings. The Labute approximate surface area is 179 Å². The van der Waals surface area contributed by atoms with Gasteiger partial charge in [0.2, 0.25) is 0 Å². The van der Waals surface area contributed by atoms with E-state index in [0.717, 1.165) is 10.6 Å². The maximum Gasteiger partial charge on any atom is 0.282 e. The number of nitrogens with zero attached hydrogens (tertiary/aromatic N) is 2. The number of hydrogen-bond donors (Lipinski definition) is 1. The molecule has 0 bridgehead atoms. The smallest absolute Gasteiger partial charge is 0.282 e. The summed E-state index contributed by atoms with van der Waals surface area (Å²) >= 11 is 1.42. The molecule has 0 saturated heterocycles. The maximum absolute atomic E-state index is 13.4. The summed E-state index contributed by atoms with van der Waals surface area (Å²) in [6.07, 6.45) is 0. The summed E-state index contributed by atoms with van der Waals surface area (Å²) in [5, 5.41) is 5.04. The van der Waals surface area contributed by atoms with Crippen LogP contribution in [0.1, 0.15) is 4.88 Å². The second kappa shape index (κ2) is 8.04. The number of para-hydroxylation sites is 2. The van der Waals surface area contributed by atoms with Crippen LogP contribution < -0.4 is 19.9 Å². The summed E-state index contributed by atoms with van der Waals surface area (Å²) in [6.45, 7) is 0. The Morgan fingerprint density at radius 2 is 1.77 bits per heavy atom. The number of thiophene rings is 1. The van der Waals surface area contributed by atoms with E-state index in [0.29, 0.717) is 22.7 Å². The maximum atomic E-state index is 13.4. The molecule has 0 fully saturated rings. The minimum absolute atomic E-state index is 0.238. The molecule has 7 heteroatoms. The predicted molar refractivity (Wildman–Crippen MR) is 121 cm³/mol. The van der Waals surface area contributed by atoms with E-state index in [4.69, 9.17) is 4.74 Å². The van der Waals surface area contributed by atoms with E-state index in [1.54, 1.807) is 19.2 Å². The van der Waals surface area contributed by atoms with Crippen molar-refractivity contribution in [2.75, 3.05) is 36.3 Å². The van der Waals surface area contributed by atoms with Crippen LogP contribution in [0.3, 0.4) is 0 Å². The standard InChI is InChI=1S/C23H21N3O3S/c1-25(2)15-8-6-9-16(14-15)26-22(27)20(19-12-7-13-30-19)21(23(26)28)24-17-10-4-5-11-18(17)29-3/h4-14,24H,1-3H3. The molecule has 2 aromatic carbocycles. The fraction of sp³-hybridized carbons (Fsp3) is 0.130. The number of amides is 2. The molecule has 1 aliphatic heterocycles. The van der Waals surface area contributed by atoms with Crippen molar-refractivity contribution in [2.24, 2.45) is 0 Å². The molecule has 30 heavy (non-hydrogen) atoms. The number of nitrogens with one attached hydrogen (secondary N) is 1. The van der Waals surface area contributed by atoms with Gasteiger partial charge in [-0.05, 0) is 41.8 Å². The predicted octanol–water partition coefficient (Wildman–Crippen LogP) is 4.22. The summed E-state index contributed by atoms with van der Waals surface area (Å²) in [7, 11) is 5.39. The first-order chi connectivity index (χ1) is 14.5. The molecule has 6 nitrogen and oxygen atoms in total. The summed E-state index contributed by atoms with van der Waals surface area (Å²) < 4.78 is 5.40. The first kappa shape index (κ1) is 19.7. The van der Waals surface area contributed by atoms with Gasteiger partial charge in [-0.1, -0.05) is 24.3 Å². The van der Waals surface area contributed by atoms with Gasteiger partial charge < -0.3 is 15.0 Å². The normalized spacial score (nSPS) is 13.8. The zero-order chi connectivity index (χ0) is 21.3. The Balaban J connectivity index is 1.80. The van der Waals surface area contributed by atoms with Crippen LogP contribution in [0.5, 0.6) is 5.75 Å². The molecule has 2 amide bonds. The molecule has 152 valence electrons. The van der Waals surface area contributed by atoms with Crippen molar-refractivity contribution in [1.82, 2.24) is 0 Å². The van der Waals surface area contributed by atoms with E-state index >= 15 is 0 Å². The molecular formula is C23H21N3O3S. The fourth-order valence-corrected chi connectivity index (χ4v) is 4.09. The van der Waals surface area contributed by atoms with Gasteiger partial charge in [0.05, 0.1) is 24.1 Å². The van der Waals surface area contributed by atoms with Crippen LogP contribution in [0.2, 0.25) is 0 Å². The molecule has 0 spiro atoms. The van der Waals surface area contributed by atoms with Gasteiger partial charge in [-0.2, -0.15) is 0 Å². The highest BCUT2D eigenvalue weighted by atomic mass is 32.1. The summed E-state index contributed by atoms with van der Waals surface area (Å²) in [6, 6.07) is 18.4. The lowest BCUT2D eigenvalue weighted by Crippen LogP contribution is -2.32. The Kier molecular flexibility index (Phi) is 5.29. The summed E-state index contributed by atoms with van der Waals surface area (Å²) in [5.74, 6) is -0.162. The molecule has 0 unspecified atom stereocenters. The number of benzene rings is 2. The number of rotatable bonds is 6. The van der Waals surface area contributed by atoms with Gasteiger partial charge in [-0.3, -0.25) is 9.59 Å². The molecule has 0 atom stereocenters. The lowest BCUT2D eigenvalue weighted by Gasteiger charge is -2.19. The second-order valence-corrected chi connectivity index (χ2v) is 7.86. The average Bonchev–Trinajstić information content (AvgIpc) is 3.35. The van der Waals surface area contributed by atoms with E-state index in [1.165, 1.54) is 16.2 Å². The van der Waals surface area contributed by atoms with E-state index < -0.39 is 5.91 Å². The lowest BCUT2D eigenvalue weighted by atomic mass is 10.1. The number of carbonyl (C=O) groups excluding carboxylic acids is 2. The SMILES string of the molecule is COc1ccccc1NC1=C(c2cccs2)C(=O)N(c2cccc(N(C)C)c2)C1=O. The van der Waals surface area contributed by atoms with Crippen molar-refractivity contribution in [3.63, 3.8) is 0 Å². The van der Waals surface area contributed by atoms with Crippen LogP contribution in [-0.4, -0.2) is 33.0 Å². The fourth-order valence-electron chi connectivity index (χ4n) is 3.32. The van der Waals surface area contributed by atoms with Crippen LogP contribution >= 0.6 is 11.3 Å². The van der Waals surface area contributed by atoms with Crippen LogP contribution in [0.15, 0.2) is 71.7 Å². The molecular weight excluding hydrogens is 398 g/mol. The summed E-state index contributed by atoms with van der Waals surface area (Å²) in [5.41, 5.74) is 2.64. The van der Waals surface area contributed by atoms with Crippen LogP contribution in [0.25, 0.3) is 5.57 Å². The Morgan fingerprint density at radius 3 is 2.47 bits per heavy atom. The number of ether oxygens (including phenoxy) is 1. The third-order valence-electron chi connectivity index (χ3n) is 4.82. The lowest BCUT2D eigenvalue weighted by molar-refractivity contribution is -0.120. The van der Waals surface area contributed by atoms with Gasteiger partial charge in [0.1, 0.15) is 11.4 Å². The van der Waals surface area contributed by atoms with Crippen molar-refractivity contribution in [3.05, 3.63) is 76.6 Å². The quantitative estimate of drug-likeness (QED) is 0.606. The minimum Gasteiger partial charge on any atom is -0.495 e. The Bertz CT molecular complexity index is 1140. The van der Waals surface area contributed by atoms with Gasteiger partial charge in [0, 0.05) is 24.7 Å². The monoisotopic (exact) mass is 419 g/mol. The summed E-state index contributed by atoms with van der Waals surface area (Å²) in [4.78, 5) is 30.7. The Hall–Kier alpha value is -3.58. The van der Waals surface area contributed by atoms with Gasteiger partial charge in [-0.25, -0.2) is 4.90 Å². The number of hydrogen-bond acceptors (Lipinski definition) is 6. The van der Waals surface area contributed by atoms with Gasteiger partial charge >= 0.3 is 0 Å². The van der Waals surface area contributed by atoms with Crippen LogP contribution in [0.4, 0.5) is 17.1 Å². The van der Waals surface area contributed by atoms with Crippen LogP contribution in [-0.2, 0) is 9.59 Å². The largest absolute Gasteiger partial charge is 0.495 e.